The number of rotatable bonds is 7. The summed E-state index contributed by atoms with van der Waals surface area (Å²) in [5, 5.41) is 3.14. The highest BCUT2D eigenvalue weighted by molar-refractivity contribution is 5.85. The molecule has 1 aromatic carbocycles. The number of nitrogens with zero attached hydrogens (tertiary/aromatic N) is 1. The summed E-state index contributed by atoms with van der Waals surface area (Å²) in [6, 6.07) is 10.7. The van der Waals surface area contributed by atoms with Gasteiger partial charge in [0.05, 0.1) is 13.2 Å². The molecule has 0 saturated carbocycles. The molecule has 5 heteroatoms. The Bertz CT molecular complexity index is 456. The van der Waals surface area contributed by atoms with Crippen LogP contribution in [0.15, 0.2) is 30.3 Å². The Balaban J connectivity index is 0.00000264. The summed E-state index contributed by atoms with van der Waals surface area (Å²) in [6.45, 7) is 5.74. The van der Waals surface area contributed by atoms with Crippen molar-refractivity contribution in [2.75, 3.05) is 39.9 Å². The number of piperidine rings is 1. The summed E-state index contributed by atoms with van der Waals surface area (Å²) in [5.41, 5.74) is 1.42. The zero-order valence-corrected chi connectivity index (χ0v) is 15.0. The van der Waals surface area contributed by atoms with Crippen LogP contribution in [0.5, 0.6) is 0 Å². The minimum absolute atomic E-state index is 0. The van der Waals surface area contributed by atoms with Crippen LogP contribution in [0.2, 0.25) is 0 Å². The fourth-order valence-electron chi connectivity index (χ4n) is 3.29. The Labute approximate surface area is 146 Å². The van der Waals surface area contributed by atoms with E-state index in [1.807, 2.05) is 4.90 Å². The van der Waals surface area contributed by atoms with Gasteiger partial charge in [-0.05, 0) is 23.8 Å². The fourth-order valence-corrected chi connectivity index (χ4v) is 3.29. The molecule has 1 aliphatic rings. The third-order valence-corrected chi connectivity index (χ3v) is 4.60. The molecule has 1 heterocycles. The minimum atomic E-state index is 0. The first kappa shape index (κ1) is 19.9. The number of likely N-dealkylation sites (tertiary alicyclic amines) is 1. The van der Waals surface area contributed by atoms with Gasteiger partial charge in [0.25, 0.3) is 0 Å². The molecule has 0 bridgehead atoms. The number of hydrogen-bond acceptors (Lipinski definition) is 3. The van der Waals surface area contributed by atoms with Gasteiger partial charge in [-0.1, -0.05) is 43.7 Å². The van der Waals surface area contributed by atoms with Crippen molar-refractivity contribution in [2.24, 2.45) is 5.92 Å². The number of benzene rings is 1. The molecule has 1 fully saturated rings. The SMILES string of the molecule is CCC1CN(C(=O)CNCCOC)CCC1c1ccccc1.Cl. The normalized spacial score (nSPS) is 20.9. The quantitative estimate of drug-likeness (QED) is 0.776. The van der Waals surface area contributed by atoms with Crippen molar-refractivity contribution >= 4 is 18.3 Å². The molecule has 2 unspecified atom stereocenters. The molecule has 2 atom stereocenters. The summed E-state index contributed by atoms with van der Waals surface area (Å²) < 4.78 is 4.98. The van der Waals surface area contributed by atoms with Gasteiger partial charge in [0, 0.05) is 26.7 Å². The first-order valence-corrected chi connectivity index (χ1v) is 8.28. The van der Waals surface area contributed by atoms with Crippen LogP contribution in [0, 0.1) is 5.92 Å². The Morgan fingerprint density at radius 3 is 2.74 bits per heavy atom. The maximum atomic E-state index is 12.3. The van der Waals surface area contributed by atoms with Crippen LogP contribution in [0.1, 0.15) is 31.2 Å². The van der Waals surface area contributed by atoms with E-state index >= 15 is 0 Å². The molecule has 1 aliphatic heterocycles. The lowest BCUT2D eigenvalue weighted by atomic mass is 9.79. The lowest BCUT2D eigenvalue weighted by Crippen LogP contribution is -2.46. The second kappa shape index (κ2) is 10.6. The van der Waals surface area contributed by atoms with Gasteiger partial charge in [0.1, 0.15) is 0 Å². The van der Waals surface area contributed by atoms with Gasteiger partial charge in [-0.3, -0.25) is 4.79 Å². The summed E-state index contributed by atoms with van der Waals surface area (Å²) in [4.78, 5) is 14.3. The Morgan fingerprint density at radius 2 is 2.09 bits per heavy atom. The Kier molecular flexibility index (Phi) is 9.22. The summed E-state index contributed by atoms with van der Waals surface area (Å²) in [7, 11) is 1.67. The van der Waals surface area contributed by atoms with Gasteiger partial charge in [0.2, 0.25) is 5.91 Å². The van der Waals surface area contributed by atoms with E-state index in [0.717, 1.165) is 32.5 Å². The molecule has 130 valence electrons. The third-order valence-electron chi connectivity index (χ3n) is 4.60. The second-order valence-electron chi connectivity index (χ2n) is 5.98. The smallest absolute Gasteiger partial charge is 0.236 e. The molecule has 0 aliphatic carbocycles. The average molecular weight is 341 g/mol. The molecular formula is C18H29ClN2O2. The van der Waals surface area contributed by atoms with Crippen LogP contribution in [0.4, 0.5) is 0 Å². The molecule has 1 saturated heterocycles. The number of carbonyl (C=O) groups excluding carboxylic acids is 1. The number of amides is 1. The van der Waals surface area contributed by atoms with Gasteiger partial charge in [0.15, 0.2) is 0 Å². The number of hydrogen-bond donors (Lipinski definition) is 1. The first-order chi connectivity index (χ1) is 10.8. The van der Waals surface area contributed by atoms with Crippen LogP contribution in [-0.2, 0) is 9.53 Å². The molecule has 0 radical (unpaired) electrons. The molecule has 1 amide bonds. The van der Waals surface area contributed by atoms with Crippen LogP contribution in [-0.4, -0.2) is 50.7 Å². The molecule has 1 aromatic rings. The third kappa shape index (κ3) is 5.79. The van der Waals surface area contributed by atoms with Crippen LogP contribution >= 0.6 is 12.4 Å². The van der Waals surface area contributed by atoms with Crippen molar-refractivity contribution < 1.29 is 9.53 Å². The predicted octanol–water partition coefficient (Wildman–Crippen LogP) is 2.69. The maximum Gasteiger partial charge on any atom is 0.236 e. The minimum Gasteiger partial charge on any atom is -0.383 e. The molecule has 4 nitrogen and oxygen atoms in total. The highest BCUT2D eigenvalue weighted by Crippen LogP contribution is 2.34. The van der Waals surface area contributed by atoms with E-state index < -0.39 is 0 Å². The number of methoxy groups -OCH3 is 1. The average Bonchev–Trinajstić information content (AvgIpc) is 2.58. The molecule has 2 rings (SSSR count). The van der Waals surface area contributed by atoms with Crippen LogP contribution in [0.25, 0.3) is 0 Å². The van der Waals surface area contributed by atoms with Gasteiger partial charge in [-0.25, -0.2) is 0 Å². The Morgan fingerprint density at radius 1 is 1.35 bits per heavy atom. The number of nitrogens with one attached hydrogen (secondary N) is 1. The molecule has 0 aromatic heterocycles. The van der Waals surface area contributed by atoms with Crippen molar-refractivity contribution in [3.63, 3.8) is 0 Å². The van der Waals surface area contributed by atoms with E-state index in [-0.39, 0.29) is 18.3 Å². The summed E-state index contributed by atoms with van der Waals surface area (Å²) in [6.07, 6.45) is 2.17. The van der Waals surface area contributed by atoms with E-state index in [0.29, 0.717) is 25.0 Å². The second-order valence-corrected chi connectivity index (χ2v) is 5.98. The highest BCUT2D eigenvalue weighted by atomic mass is 35.5. The predicted molar refractivity (Wildman–Crippen MR) is 96.2 cm³/mol. The lowest BCUT2D eigenvalue weighted by Gasteiger charge is -2.38. The van der Waals surface area contributed by atoms with Crippen molar-refractivity contribution in [2.45, 2.75) is 25.7 Å². The largest absolute Gasteiger partial charge is 0.383 e. The van der Waals surface area contributed by atoms with E-state index in [1.165, 1.54) is 5.56 Å². The first-order valence-electron chi connectivity index (χ1n) is 8.28. The maximum absolute atomic E-state index is 12.3. The topological polar surface area (TPSA) is 41.6 Å². The Hall–Kier alpha value is -1.10. The van der Waals surface area contributed by atoms with Gasteiger partial charge >= 0.3 is 0 Å². The monoisotopic (exact) mass is 340 g/mol. The van der Waals surface area contributed by atoms with Crippen molar-refractivity contribution in [1.29, 1.82) is 0 Å². The van der Waals surface area contributed by atoms with Gasteiger partial charge in [-0.15, -0.1) is 12.4 Å². The van der Waals surface area contributed by atoms with E-state index in [9.17, 15) is 4.79 Å². The van der Waals surface area contributed by atoms with E-state index in [1.54, 1.807) is 7.11 Å². The van der Waals surface area contributed by atoms with Crippen LogP contribution < -0.4 is 5.32 Å². The standard InChI is InChI=1S/C18H28N2O2.ClH/c1-3-15-14-20(18(21)13-19-10-12-22-2)11-9-17(15)16-7-5-4-6-8-16;/h4-8,15,17,19H,3,9-14H2,1-2H3;1H. The highest BCUT2D eigenvalue weighted by Gasteiger charge is 2.30. The summed E-state index contributed by atoms with van der Waals surface area (Å²) >= 11 is 0. The van der Waals surface area contributed by atoms with E-state index in [4.69, 9.17) is 4.74 Å². The summed E-state index contributed by atoms with van der Waals surface area (Å²) in [5.74, 6) is 1.34. The van der Waals surface area contributed by atoms with E-state index in [2.05, 4.69) is 42.6 Å². The fraction of sp³-hybridized carbons (Fsp3) is 0.611. The zero-order valence-electron chi connectivity index (χ0n) is 14.2. The molecule has 23 heavy (non-hydrogen) atoms. The number of halogens is 1. The number of carbonyl (C=O) groups is 1. The van der Waals surface area contributed by atoms with Gasteiger partial charge < -0.3 is 15.0 Å². The van der Waals surface area contributed by atoms with Crippen molar-refractivity contribution in [1.82, 2.24) is 10.2 Å². The molecule has 0 spiro atoms. The lowest BCUT2D eigenvalue weighted by molar-refractivity contribution is -0.132. The zero-order chi connectivity index (χ0) is 15.8. The van der Waals surface area contributed by atoms with Gasteiger partial charge in [-0.2, -0.15) is 0 Å². The van der Waals surface area contributed by atoms with Crippen molar-refractivity contribution in [3.8, 4) is 0 Å². The van der Waals surface area contributed by atoms with Crippen molar-refractivity contribution in [3.05, 3.63) is 35.9 Å². The molecular weight excluding hydrogens is 312 g/mol. The van der Waals surface area contributed by atoms with Crippen LogP contribution in [0.3, 0.4) is 0 Å². The molecule has 1 N–H and O–H groups in total. The number of ether oxygens (including phenoxy) is 1.